The molecule has 1 aliphatic rings. The van der Waals surface area contributed by atoms with Gasteiger partial charge in [0.1, 0.15) is 0 Å². The molecule has 1 aliphatic carbocycles. The summed E-state index contributed by atoms with van der Waals surface area (Å²) in [6.45, 7) is 1.55. The van der Waals surface area contributed by atoms with Gasteiger partial charge in [0.2, 0.25) is 0 Å². The fourth-order valence-corrected chi connectivity index (χ4v) is 2.75. The fourth-order valence-electron chi connectivity index (χ4n) is 1.79. The van der Waals surface area contributed by atoms with E-state index in [0.29, 0.717) is 19.1 Å². The molecule has 0 spiro atoms. The van der Waals surface area contributed by atoms with Crippen molar-refractivity contribution in [3.8, 4) is 0 Å². The van der Waals surface area contributed by atoms with Gasteiger partial charge in [0.25, 0.3) is 0 Å². The van der Waals surface area contributed by atoms with Crippen LogP contribution in [0.15, 0.2) is 5.38 Å². The van der Waals surface area contributed by atoms with Crippen molar-refractivity contribution < 1.29 is 14.6 Å². The number of aliphatic carboxylic acids is 1. The minimum atomic E-state index is -0.775. The molecule has 0 bridgehead atoms. The lowest BCUT2D eigenvalue weighted by Gasteiger charge is -2.20. The maximum absolute atomic E-state index is 10.5. The Morgan fingerprint density at radius 1 is 1.67 bits per heavy atom. The van der Waals surface area contributed by atoms with Crippen molar-refractivity contribution in [2.75, 3.05) is 25.2 Å². The van der Waals surface area contributed by atoms with Gasteiger partial charge in [-0.1, -0.05) is 0 Å². The molecule has 0 atom stereocenters. The average Bonchev–Trinajstić information content (AvgIpc) is 3.06. The van der Waals surface area contributed by atoms with Crippen molar-refractivity contribution in [2.24, 2.45) is 0 Å². The lowest BCUT2D eigenvalue weighted by atomic mass is 10.2. The number of hydrogen-bond acceptors (Lipinski definition) is 5. The molecule has 100 valence electrons. The van der Waals surface area contributed by atoms with Crippen LogP contribution >= 0.6 is 11.3 Å². The van der Waals surface area contributed by atoms with Crippen LogP contribution in [0.5, 0.6) is 0 Å². The monoisotopic (exact) mass is 270 g/mol. The van der Waals surface area contributed by atoms with Gasteiger partial charge in [0.15, 0.2) is 5.13 Å². The number of carboxylic acid groups (broad SMARTS) is 1. The quantitative estimate of drug-likeness (QED) is 0.780. The van der Waals surface area contributed by atoms with E-state index >= 15 is 0 Å². The molecule has 1 heterocycles. The van der Waals surface area contributed by atoms with Crippen LogP contribution in [0.2, 0.25) is 0 Å². The van der Waals surface area contributed by atoms with Crippen molar-refractivity contribution in [3.05, 3.63) is 11.1 Å². The van der Waals surface area contributed by atoms with Gasteiger partial charge in [-0.25, -0.2) is 4.98 Å². The van der Waals surface area contributed by atoms with Gasteiger partial charge in [0, 0.05) is 31.5 Å². The van der Waals surface area contributed by atoms with E-state index in [0.717, 1.165) is 17.4 Å². The predicted molar refractivity (Wildman–Crippen MR) is 70.3 cm³/mol. The van der Waals surface area contributed by atoms with Gasteiger partial charge < -0.3 is 14.7 Å². The average molecular weight is 270 g/mol. The fraction of sp³-hybridized carbons (Fsp3) is 0.667. The van der Waals surface area contributed by atoms with Crippen LogP contribution in [0.1, 0.15) is 25.0 Å². The predicted octanol–water partition coefficient (Wildman–Crippen LogP) is 1.78. The molecule has 18 heavy (non-hydrogen) atoms. The Morgan fingerprint density at radius 3 is 3.06 bits per heavy atom. The van der Waals surface area contributed by atoms with Gasteiger partial charge in [-0.3, -0.25) is 4.79 Å². The van der Waals surface area contributed by atoms with Gasteiger partial charge in [-0.2, -0.15) is 0 Å². The number of carboxylic acids is 1. The Bertz CT molecular complexity index is 404. The van der Waals surface area contributed by atoms with Crippen LogP contribution in [0.3, 0.4) is 0 Å². The summed E-state index contributed by atoms with van der Waals surface area (Å²) in [5, 5.41) is 11.6. The lowest BCUT2D eigenvalue weighted by Crippen LogP contribution is -2.29. The van der Waals surface area contributed by atoms with Crippen molar-refractivity contribution in [1.82, 2.24) is 4.98 Å². The summed E-state index contributed by atoms with van der Waals surface area (Å²) in [4.78, 5) is 17.3. The molecule has 0 radical (unpaired) electrons. The molecular weight excluding hydrogens is 252 g/mol. The maximum atomic E-state index is 10.5. The molecule has 1 aromatic heterocycles. The summed E-state index contributed by atoms with van der Waals surface area (Å²) in [5.74, 6) is -0.775. The number of ether oxygens (including phenoxy) is 1. The second kappa shape index (κ2) is 6.15. The van der Waals surface area contributed by atoms with Crippen molar-refractivity contribution >= 4 is 22.4 Å². The molecule has 0 amide bonds. The first-order valence-corrected chi connectivity index (χ1v) is 7.00. The Hall–Kier alpha value is -1.14. The largest absolute Gasteiger partial charge is 0.481 e. The minimum Gasteiger partial charge on any atom is -0.481 e. The molecule has 0 unspecified atom stereocenters. The number of nitrogens with zero attached hydrogens (tertiary/aromatic N) is 2. The van der Waals surface area contributed by atoms with Gasteiger partial charge in [-0.15, -0.1) is 11.3 Å². The second-order valence-corrected chi connectivity index (χ2v) is 5.27. The zero-order valence-electron chi connectivity index (χ0n) is 10.5. The molecule has 1 N–H and O–H groups in total. The zero-order valence-corrected chi connectivity index (χ0v) is 11.3. The topological polar surface area (TPSA) is 62.7 Å². The number of thiazole rings is 1. The normalized spacial score (nSPS) is 14.7. The number of aryl methyl sites for hydroxylation is 1. The molecular formula is C12H18N2O3S. The first-order chi connectivity index (χ1) is 8.70. The van der Waals surface area contributed by atoms with Crippen LogP contribution in [0, 0.1) is 0 Å². The number of rotatable bonds is 8. The summed E-state index contributed by atoms with van der Waals surface area (Å²) >= 11 is 1.59. The van der Waals surface area contributed by atoms with E-state index in [4.69, 9.17) is 9.84 Å². The standard InChI is InChI=1S/C12H18N2O3S/c1-17-7-6-14(10-3-4-10)12-13-9(8-18-12)2-5-11(15)16/h8,10H,2-7H2,1H3,(H,15,16). The minimum absolute atomic E-state index is 0.144. The molecule has 0 aromatic carbocycles. The highest BCUT2D eigenvalue weighted by Gasteiger charge is 2.30. The Morgan fingerprint density at radius 2 is 2.44 bits per heavy atom. The van der Waals surface area contributed by atoms with E-state index in [-0.39, 0.29) is 6.42 Å². The van der Waals surface area contributed by atoms with Crippen molar-refractivity contribution in [1.29, 1.82) is 0 Å². The number of hydrogen-bond donors (Lipinski definition) is 1. The van der Waals surface area contributed by atoms with Crippen LogP contribution in [-0.2, 0) is 16.0 Å². The third kappa shape index (κ3) is 3.68. The summed E-state index contributed by atoms with van der Waals surface area (Å²) < 4.78 is 5.11. The Labute approximate surface area is 110 Å². The number of carbonyl (C=O) groups is 1. The van der Waals surface area contributed by atoms with E-state index in [1.54, 1.807) is 18.4 Å². The number of aromatic nitrogens is 1. The lowest BCUT2D eigenvalue weighted by molar-refractivity contribution is -0.136. The van der Waals surface area contributed by atoms with Crippen LogP contribution in [-0.4, -0.2) is 42.4 Å². The highest BCUT2D eigenvalue weighted by molar-refractivity contribution is 7.13. The van der Waals surface area contributed by atoms with Crippen molar-refractivity contribution in [3.63, 3.8) is 0 Å². The molecule has 6 heteroatoms. The summed E-state index contributed by atoms with van der Waals surface area (Å²) in [5.41, 5.74) is 0.875. The van der Waals surface area contributed by atoms with Gasteiger partial charge in [0.05, 0.1) is 18.7 Å². The molecule has 5 nitrogen and oxygen atoms in total. The zero-order chi connectivity index (χ0) is 13.0. The van der Waals surface area contributed by atoms with Crippen LogP contribution in [0.4, 0.5) is 5.13 Å². The molecule has 0 aliphatic heterocycles. The Kier molecular flexibility index (Phi) is 4.54. The molecule has 1 saturated carbocycles. The summed E-state index contributed by atoms with van der Waals surface area (Å²) in [6, 6.07) is 0.596. The van der Waals surface area contributed by atoms with E-state index in [1.807, 2.05) is 5.38 Å². The third-order valence-electron chi connectivity index (χ3n) is 2.90. The third-order valence-corrected chi connectivity index (χ3v) is 3.83. The van der Waals surface area contributed by atoms with E-state index in [9.17, 15) is 4.79 Å². The number of methoxy groups -OCH3 is 1. The second-order valence-electron chi connectivity index (χ2n) is 4.43. The molecule has 0 saturated heterocycles. The molecule has 2 rings (SSSR count). The number of anilines is 1. The van der Waals surface area contributed by atoms with Gasteiger partial charge in [-0.05, 0) is 12.8 Å². The highest BCUT2D eigenvalue weighted by atomic mass is 32.1. The smallest absolute Gasteiger partial charge is 0.303 e. The van der Waals surface area contributed by atoms with E-state index in [2.05, 4.69) is 9.88 Å². The van der Waals surface area contributed by atoms with Crippen LogP contribution in [0.25, 0.3) is 0 Å². The SMILES string of the molecule is COCCN(c1nc(CCC(=O)O)cs1)C1CC1. The first kappa shape index (κ1) is 13.3. The summed E-state index contributed by atoms with van der Waals surface area (Å²) in [7, 11) is 1.70. The van der Waals surface area contributed by atoms with Crippen LogP contribution < -0.4 is 4.90 Å². The molecule has 1 aromatic rings. The molecule has 1 fully saturated rings. The van der Waals surface area contributed by atoms with Crippen molar-refractivity contribution in [2.45, 2.75) is 31.7 Å². The summed E-state index contributed by atoms with van der Waals surface area (Å²) in [6.07, 6.45) is 3.08. The van der Waals surface area contributed by atoms with E-state index in [1.165, 1.54) is 12.8 Å². The Balaban J connectivity index is 1.95. The first-order valence-electron chi connectivity index (χ1n) is 6.12. The highest BCUT2D eigenvalue weighted by Crippen LogP contribution is 2.33. The van der Waals surface area contributed by atoms with E-state index < -0.39 is 5.97 Å². The van der Waals surface area contributed by atoms with Gasteiger partial charge >= 0.3 is 5.97 Å². The maximum Gasteiger partial charge on any atom is 0.303 e.